The quantitative estimate of drug-likeness (QED) is 0.833. The first kappa shape index (κ1) is 12.6. The predicted octanol–water partition coefficient (Wildman–Crippen LogP) is 2.52. The second kappa shape index (κ2) is 4.60. The van der Waals surface area contributed by atoms with Crippen molar-refractivity contribution in [1.29, 1.82) is 0 Å². The van der Waals surface area contributed by atoms with E-state index in [4.69, 9.17) is 0 Å². The Bertz CT molecular complexity index is 503. The van der Waals surface area contributed by atoms with E-state index < -0.39 is 0 Å². The number of aliphatic hydroxyl groups excluding tert-OH is 1. The van der Waals surface area contributed by atoms with Crippen LogP contribution in [0.25, 0.3) is 0 Å². The number of para-hydroxylation sites is 1. The maximum absolute atomic E-state index is 14.2. The lowest BCUT2D eigenvalue weighted by molar-refractivity contribution is 0.101. The fourth-order valence-electron chi connectivity index (χ4n) is 3.58. The molecule has 2 bridgehead atoms. The largest absolute Gasteiger partial charge is 0.393 e. The average Bonchev–Trinajstić information content (AvgIpc) is 2.61. The summed E-state index contributed by atoms with van der Waals surface area (Å²) in [7, 11) is 0. The summed E-state index contributed by atoms with van der Waals surface area (Å²) in [6, 6.07) is 4.99. The Morgan fingerprint density at radius 1 is 1.32 bits per heavy atom. The number of aliphatic hydroxyl groups is 1. The van der Waals surface area contributed by atoms with E-state index in [1.165, 1.54) is 13.0 Å². The van der Waals surface area contributed by atoms with Crippen LogP contribution >= 0.6 is 0 Å². The number of hydrogen-bond donors (Lipinski definition) is 1. The van der Waals surface area contributed by atoms with Gasteiger partial charge >= 0.3 is 0 Å². The number of nitrogens with zero attached hydrogens (tertiary/aromatic N) is 1. The van der Waals surface area contributed by atoms with Gasteiger partial charge in [0.25, 0.3) is 0 Å². The molecule has 2 saturated heterocycles. The maximum atomic E-state index is 14.2. The summed E-state index contributed by atoms with van der Waals surface area (Å²) in [5.74, 6) is -0.444. The van der Waals surface area contributed by atoms with E-state index in [2.05, 4.69) is 0 Å². The minimum absolute atomic E-state index is 0.111. The lowest BCUT2D eigenvalue weighted by atomic mass is 9.97. The Balaban J connectivity index is 2.06. The SMILES string of the molecule is CC(=O)c1cccc(F)c1N1C2CCC1CC(O)C2. The number of benzene rings is 1. The first-order valence-electron chi connectivity index (χ1n) is 6.83. The molecule has 1 aromatic rings. The number of Topliss-reactive ketones (excluding diaryl/α,β-unsaturated/α-hetero) is 1. The molecule has 3 nitrogen and oxygen atoms in total. The third-order valence-corrected chi connectivity index (χ3v) is 4.33. The van der Waals surface area contributed by atoms with Crippen LogP contribution in [0.4, 0.5) is 10.1 Å². The zero-order valence-corrected chi connectivity index (χ0v) is 11.0. The van der Waals surface area contributed by atoms with Crippen LogP contribution in [0.1, 0.15) is 43.0 Å². The Morgan fingerprint density at radius 3 is 2.53 bits per heavy atom. The fraction of sp³-hybridized carbons (Fsp3) is 0.533. The van der Waals surface area contributed by atoms with Crippen LogP contribution in [0.3, 0.4) is 0 Å². The highest BCUT2D eigenvalue weighted by Gasteiger charge is 2.42. The number of rotatable bonds is 2. The first-order chi connectivity index (χ1) is 9.08. The van der Waals surface area contributed by atoms with Crippen LogP contribution in [-0.4, -0.2) is 29.1 Å². The fourth-order valence-corrected chi connectivity index (χ4v) is 3.58. The van der Waals surface area contributed by atoms with Gasteiger partial charge in [-0.15, -0.1) is 0 Å². The van der Waals surface area contributed by atoms with Gasteiger partial charge in [0.1, 0.15) is 5.82 Å². The van der Waals surface area contributed by atoms with Crippen molar-refractivity contribution in [3.63, 3.8) is 0 Å². The Labute approximate surface area is 112 Å². The van der Waals surface area contributed by atoms with E-state index in [0.717, 1.165) is 12.8 Å². The highest BCUT2D eigenvalue weighted by Crippen LogP contribution is 2.41. The maximum Gasteiger partial charge on any atom is 0.161 e. The van der Waals surface area contributed by atoms with Crippen molar-refractivity contribution in [2.24, 2.45) is 0 Å². The van der Waals surface area contributed by atoms with Crippen molar-refractivity contribution in [3.05, 3.63) is 29.6 Å². The van der Waals surface area contributed by atoms with E-state index in [1.807, 2.05) is 4.90 Å². The second-order valence-electron chi connectivity index (χ2n) is 5.61. The Morgan fingerprint density at radius 2 is 1.95 bits per heavy atom. The minimum atomic E-state index is -0.332. The van der Waals surface area contributed by atoms with Crippen LogP contribution in [0, 0.1) is 5.82 Å². The summed E-state index contributed by atoms with van der Waals surface area (Å²) in [5.41, 5.74) is 0.891. The van der Waals surface area contributed by atoms with Crippen LogP contribution < -0.4 is 4.90 Å². The summed E-state index contributed by atoms with van der Waals surface area (Å²) < 4.78 is 14.2. The van der Waals surface area contributed by atoms with E-state index in [-0.39, 0.29) is 29.8 Å². The van der Waals surface area contributed by atoms with Gasteiger partial charge in [-0.2, -0.15) is 0 Å². The summed E-state index contributed by atoms with van der Waals surface area (Å²) in [6.07, 6.45) is 2.98. The first-order valence-corrected chi connectivity index (χ1v) is 6.83. The molecule has 0 aliphatic carbocycles. The standard InChI is InChI=1S/C15H18FNO2/c1-9(18)13-3-2-4-14(16)15(13)17-10-5-6-11(17)8-12(19)7-10/h2-4,10-12,19H,5-8H2,1H3. The Hall–Kier alpha value is -1.42. The minimum Gasteiger partial charge on any atom is -0.393 e. The number of fused-ring (bicyclic) bond motifs is 2. The number of ketones is 1. The molecule has 1 aromatic carbocycles. The molecule has 2 fully saturated rings. The molecule has 1 N–H and O–H groups in total. The molecule has 2 aliphatic rings. The highest BCUT2D eigenvalue weighted by molar-refractivity contribution is 6.00. The normalized spacial score (nSPS) is 29.6. The van der Waals surface area contributed by atoms with E-state index in [0.29, 0.717) is 24.1 Å². The molecule has 0 aromatic heterocycles. The van der Waals surface area contributed by atoms with Crippen molar-refractivity contribution in [3.8, 4) is 0 Å². The molecule has 0 spiro atoms. The molecule has 2 atom stereocenters. The van der Waals surface area contributed by atoms with Crippen LogP contribution in [0.5, 0.6) is 0 Å². The number of halogens is 1. The van der Waals surface area contributed by atoms with Crippen LogP contribution in [0.15, 0.2) is 18.2 Å². The topological polar surface area (TPSA) is 40.5 Å². The lowest BCUT2D eigenvalue weighted by Gasteiger charge is -2.39. The van der Waals surface area contributed by atoms with Gasteiger partial charge in [-0.3, -0.25) is 4.79 Å². The van der Waals surface area contributed by atoms with Gasteiger partial charge in [0.2, 0.25) is 0 Å². The van der Waals surface area contributed by atoms with Crippen LogP contribution in [0.2, 0.25) is 0 Å². The molecule has 0 amide bonds. The summed E-state index contributed by atoms with van der Waals surface area (Å²) in [6.45, 7) is 1.47. The van der Waals surface area contributed by atoms with Crippen molar-refractivity contribution >= 4 is 11.5 Å². The van der Waals surface area contributed by atoms with Crippen molar-refractivity contribution < 1.29 is 14.3 Å². The van der Waals surface area contributed by atoms with Crippen LogP contribution in [-0.2, 0) is 0 Å². The Kier molecular flexibility index (Phi) is 3.05. The lowest BCUT2D eigenvalue weighted by Crippen LogP contribution is -2.45. The molecule has 19 heavy (non-hydrogen) atoms. The van der Waals surface area contributed by atoms with Crippen molar-refractivity contribution in [1.82, 2.24) is 0 Å². The average molecular weight is 263 g/mol. The molecule has 0 radical (unpaired) electrons. The van der Waals surface area contributed by atoms with E-state index in [9.17, 15) is 14.3 Å². The second-order valence-corrected chi connectivity index (χ2v) is 5.61. The number of carbonyl (C=O) groups excluding carboxylic acids is 1. The number of piperidine rings is 1. The van der Waals surface area contributed by atoms with Gasteiger partial charge in [-0.1, -0.05) is 6.07 Å². The van der Waals surface area contributed by atoms with Crippen molar-refractivity contribution in [2.75, 3.05) is 4.90 Å². The molecule has 0 saturated carbocycles. The monoisotopic (exact) mass is 263 g/mol. The van der Waals surface area contributed by atoms with Gasteiger partial charge in [-0.25, -0.2) is 4.39 Å². The molecule has 2 aliphatic heterocycles. The summed E-state index contributed by atoms with van der Waals surface area (Å²) in [4.78, 5) is 13.8. The smallest absolute Gasteiger partial charge is 0.161 e. The number of hydrogen-bond acceptors (Lipinski definition) is 3. The van der Waals surface area contributed by atoms with Gasteiger partial charge < -0.3 is 10.0 Å². The zero-order valence-electron chi connectivity index (χ0n) is 11.0. The molecule has 3 rings (SSSR count). The van der Waals surface area contributed by atoms with Gasteiger partial charge in [0.15, 0.2) is 5.78 Å². The van der Waals surface area contributed by atoms with E-state index in [1.54, 1.807) is 12.1 Å². The third-order valence-electron chi connectivity index (χ3n) is 4.33. The van der Waals surface area contributed by atoms with Gasteiger partial charge in [0, 0.05) is 17.6 Å². The molecular formula is C15H18FNO2. The highest BCUT2D eigenvalue weighted by atomic mass is 19.1. The molecular weight excluding hydrogens is 245 g/mol. The summed E-state index contributed by atoms with van der Waals surface area (Å²) >= 11 is 0. The summed E-state index contributed by atoms with van der Waals surface area (Å²) in [5, 5.41) is 9.82. The zero-order chi connectivity index (χ0) is 13.6. The predicted molar refractivity (Wildman–Crippen MR) is 70.9 cm³/mol. The van der Waals surface area contributed by atoms with Gasteiger partial charge in [0.05, 0.1) is 11.8 Å². The van der Waals surface area contributed by atoms with Crippen molar-refractivity contribution in [2.45, 2.75) is 50.8 Å². The number of anilines is 1. The third kappa shape index (κ3) is 2.04. The molecule has 102 valence electrons. The van der Waals surface area contributed by atoms with Gasteiger partial charge in [-0.05, 0) is 44.7 Å². The molecule has 2 unspecified atom stereocenters. The van der Waals surface area contributed by atoms with E-state index >= 15 is 0 Å². The molecule has 2 heterocycles. The molecule has 4 heteroatoms. The number of carbonyl (C=O) groups is 1.